The SMILES string of the molecule is Cc1[nH]c(=O)[nH]c(=O)c1-c1ccc(C(=O)N2CCC[C@H](C(N)=O)C2)cc1. The zero-order chi connectivity index (χ0) is 18.8. The number of rotatable bonds is 3. The summed E-state index contributed by atoms with van der Waals surface area (Å²) in [4.78, 5) is 53.7. The van der Waals surface area contributed by atoms with Crippen molar-refractivity contribution in [3.8, 4) is 11.1 Å². The smallest absolute Gasteiger partial charge is 0.325 e. The van der Waals surface area contributed by atoms with Gasteiger partial charge in [0.05, 0.1) is 11.5 Å². The molecule has 8 nitrogen and oxygen atoms in total. The highest BCUT2D eigenvalue weighted by molar-refractivity contribution is 5.95. The molecule has 1 aliphatic heterocycles. The summed E-state index contributed by atoms with van der Waals surface area (Å²) >= 11 is 0. The Morgan fingerprint density at radius 2 is 1.85 bits per heavy atom. The topological polar surface area (TPSA) is 129 Å². The fraction of sp³-hybridized carbons (Fsp3) is 0.333. The van der Waals surface area contributed by atoms with E-state index < -0.39 is 11.2 Å². The first-order valence-corrected chi connectivity index (χ1v) is 8.39. The lowest BCUT2D eigenvalue weighted by Crippen LogP contribution is -2.44. The van der Waals surface area contributed by atoms with Crippen molar-refractivity contribution >= 4 is 11.8 Å². The number of benzene rings is 1. The molecule has 2 aromatic rings. The molecular weight excluding hydrogens is 336 g/mol. The van der Waals surface area contributed by atoms with E-state index in [9.17, 15) is 19.2 Å². The quantitative estimate of drug-likeness (QED) is 0.734. The van der Waals surface area contributed by atoms with Crippen LogP contribution in [-0.2, 0) is 4.79 Å². The molecule has 1 atom stereocenters. The van der Waals surface area contributed by atoms with Crippen molar-refractivity contribution in [1.82, 2.24) is 14.9 Å². The summed E-state index contributed by atoms with van der Waals surface area (Å²) in [6.45, 7) is 2.56. The molecule has 1 aromatic carbocycles. The molecule has 1 fully saturated rings. The third kappa shape index (κ3) is 3.44. The van der Waals surface area contributed by atoms with Gasteiger partial charge in [0.15, 0.2) is 0 Å². The van der Waals surface area contributed by atoms with Gasteiger partial charge in [-0.25, -0.2) is 4.79 Å². The van der Waals surface area contributed by atoms with Crippen molar-refractivity contribution in [2.75, 3.05) is 13.1 Å². The van der Waals surface area contributed by atoms with E-state index in [1.807, 2.05) is 0 Å². The number of primary amides is 1. The van der Waals surface area contributed by atoms with Crippen LogP contribution in [0.1, 0.15) is 28.9 Å². The molecule has 0 spiro atoms. The predicted octanol–water partition coefficient (Wildman–Crippen LogP) is 0.376. The van der Waals surface area contributed by atoms with Crippen LogP contribution >= 0.6 is 0 Å². The Bertz CT molecular complexity index is 958. The molecule has 0 saturated carbocycles. The predicted molar refractivity (Wildman–Crippen MR) is 95.7 cm³/mol. The minimum absolute atomic E-state index is 0.172. The van der Waals surface area contributed by atoms with Crippen molar-refractivity contribution in [3.63, 3.8) is 0 Å². The molecule has 0 bridgehead atoms. The fourth-order valence-electron chi connectivity index (χ4n) is 3.30. The Morgan fingerprint density at radius 3 is 2.46 bits per heavy atom. The van der Waals surface area contributed by atoms with E-state index in [0.29, 0.717) is 41.9 Å². The Hall–Kier alpha value is -3.16. The van der Waals surface area contributed by atoms with Gasteiger partial charge in [0.25, 0.3) is 11.5 Å². The van der Waals surface area contributed by atoms with Crippen LogP contribution in [0.3, 0.4) is 0 Å². The first kappa shape index (κ1) is 17.7. The number of carbonyl (C=O) groups excluding carboxylic acids is 2. The van der Waals surface area contributed by atoms with Gasteiger partial charge in [0, 0.05) is 24.3 Å². The van der Waals surface area contributed by atoms with E-state index in [4.69, 9.17) is 5.73 Å². The molecule has 1 aliphatic rings. The average molecular weight is 356 g/mol. The van der Waals surface area contributed by atoms with E-state index in [1.54, 1.807) is 36.1 Å². The van der Waals surface area contributed by atoms with Crippen LogP contribution in [0.25, 0.3) is 11.1 Å². The third-order valence-electron chi connectivity index (χ3n) is 4.66. The van der Waals surface area contributed by atoms with E-state index in [1.165, 1.54) is 0 Å². The van der Waals surface area contributed by atoms with Gasteiger partial charge in [-0.1, -0.05) is 12.1 Å². The lowest BCUT2D eigenvalue weighted by molar-refractivity contribution is -0.123. The van der Waals surface area contributed by atoms with E-state index in [2.05, 4.69) is 9.97 Å². The minimum Gasteiger partial charge on any atom is -0.369 e. The van der Waals surface area contributed by atoms with Gasteiger partial charge in [-0.15, -0.1) is 0 Å². The molecule has 0 unspecified atom stereocenters. The Balaban J connectivity index is 1.84. The zero-order valence-corrected chi connectivity index (χ0v) is 14.4. The maximum absolute atomic E-state index is 12.7. The molecule has 26 heavy (non-hydrogen) atoms. The van der Waals surface area contributed by atoms with E-state index in [0.717, 1.165) is 6.42 Å². The Morgan fingerprint density at radius 1 is 1.15 bits per heavy atom. The first-order chi connectivity index (χ1) is 12.4. The summed E-state index contributed by atoms with van der Waals surface area (Å²) in [5.74, 6) is -0.866. The molecule has 0 radical (unpaired) electrons. The summed E-state index contributed by atoms with van der Waals surface area (Å²) in [5, 5.41) is 0. The summed E-state index contributed by atoms with van der Waals surface area (Å²) in [5.41, 5.74) is 6.20. The van der Waals surface area contributed by atoms with Crippen molar-refractivity contribution in [1.29, 1.82) is 0 Å². The Kier molecular flexibility index (Phi) is 4.75. The number of nitrogens with one attached hydrogen (secondary N) is 2. The highest BCUT2D eigenvalue weighted by Crippen LogP contribution is 2.21. The number of likely N-dealkylation sites (tertiary alicyclic amines) is 1. The minimum atomic E-state index is -0.558. The van der Waals surface area contributed by atoms with Gasteiger partial charge in [-0.2, -0.15) is 0 Å². The number of hydrogen-bond donors (Lipinski definition) is 3. The number of nitrogens with two attached hydrogens (primary N) is 1. The van der Waals surface area contributed by atoms with Crippen LogP contribution in [-0.4, -0.2) is 39.8 Å². The lowest BCUT2D eigenvalue weighted by atomic mass is 9.96. The van der Waals surface area contributed by atoms with Gasteiger partial charge in [0.1, 0.15) is 0 Å². The van der Waals surface area contributed by atoms with Crippen molar-refractivity contribution in [3.05, 3.63) is 56.4 Å². The molecule has 1 saturated heterocycles. The number of hydrogen-bond acceptors (Lipinski definition) is 4. The maximum atomic E-state index is 12.7. The second kappa shape index (κ2) is 6.99. The van der Waals surface area contributed by atoms with Crippen LogP contribution in [0.2, 0.25) is 0 Å². The van der Waals surface area contributed by atoms with E-state index in [-0.39, 0.29) is 17.7 Å². The van der Waals surface area contributed by atoms with Gasteiger partial charge in [0.2, 0.25) is 5.91 Å². The fourth-order valence-corrected chi connectivity index (χ4v) is 3.30. The highest BCUT2D eigenvalue weighted by atomic mass is 16.2. The summed E-state index contributed by atoms with van der Waals surface area (Å²) in [6.07, 6.45) is 1.44. The summed E-state index contributed by atoms with van der Waals surface area (Å²) in [6, 6.07) is 6.60. The molecular formula is C18H20N4O4. The standard InChI is InChI=1S/C18H20N4O4/c1-10-14(16(24)21-18(26)20-10)11-4-6-12(7-5-11)17(25)22-8-2-3-13(9-22)15(19)23/h4-7,13H,2-3,8-9H2,1H3,(H2,19,23)(H2,20,21,24,26)/t13-/m0/s1. The summed E-state index contributed by atoms with van der Waals surface area (Å²) in [7, 11) is 0. The zero-order valence-electron chi connectivity index (χ0n) is 14.4. The molecule has 3 rings (SSSR count). The van der Waals surface area contributed by atoms with Crippen molar-refractivity contribution in [2.45, 2.75) is 19.8 Å². The van der Waals surface area contributed by atoms with Crippen LogP contribution in [0.5, 0.6) is 0 Å². The lowest BCUT2D eigenvalue weighted by Gasteiger charge is -2.31. The number of H-pyrrole nitrogens is 2. The van der Waals surface area contributed by atoms with Crippen LogP contribution in [0.4, 0.5) is 0 Å². The van der Waals surface area contributed by atoms with Crippen LogP contribution < -0.4 is 17.0 Å². The van der Waals surface area contributed by atoms with Crippen molar-refractivity contribution < 1.29 is 9.59 Å². The monoisotopic (exact) mass is 356 g/mol. The number of aromatic amines is 2. The second-order valence-corrected chi connectivity index (χ2v) is 6.48. The van der Waals surface area contributed by atoms with Gasteiger partial charge < -0.3 is 15.6 Å². The molecule has 0 aliphatic carbocycles. The molecule has 2 amide bonds. The van der Waals surface area contributed by atoms with E-state index >= 15 is 0 Å². The van der Waals surface area contributed by atoms with Gasteiger partial charge in [-0.3, -0.25) is 19.4 Å². The Labute approximate surface area is 149 Å². The maximum Gasteiger partial charge on any atom is 0.325 e. The number of aryl methyl sites for hydroxylation is 1. The van der Waals surface area contributed by atoms with Crippen LogP contribution in [0.15, 0.2) is 33.9 Å². The molecule has 2 heterocycles. The highest BCUT2D eigenvalue weighted by Gasteiger charge is 2.27. The number of piperidine rings is 1. The molecule has 8 heteroatoms. The average Bonchev–Trinajstić information content (AvgIpc) is 2.61. The third-order valence-corrected chi connectivity index (χ3v) is 4.66. The second-order valence-electron chi connectivity index (χ2n) is 6.48. The van der Waals surface area contributed by atoms with Crippen LogP contribution in [0, 0.1) is 12.8 Å². The normalized spacial score (nSPS) is 17.1. The molecule has 1 aromatic heterocycles. The number of amides is 2. The number of carbonyl (C=O) groups is 2. The molecule has 4 N–H and O–H groups in total. The number of aromatic nitrogens is 2. The number of nitrogens with zero attached hydrogens (tertiary/aromatic N) is 1. The summed E-state index contributed by atoms with van der Waals surface area (Å²) < 4.78 is 0. The van der Waals surface area contributed by atoms with Crippen molar-refractivity contribution in [2.24, 2.45) is 11.7 Å². The first-order valence-electron chi connectivity index (χ1n) is 8.39. The van der Waals surface area contributed by atoms with Gasteiger partial charge >= 0.3 is 5.69 Å². The largest absolute Gasteiger partial charge is 0.369 e. The van der Waals surface area contributed by atoms with Gasteiger partial charge in [-0.05, 0) is 37.5 Å². The molecule has 136 valence electrons.